The number of pyridine rings is 1. The van der Waals surface area contributed by atoms with Gasteiger partial charge in [0.25, 0.3) is 11.5 Å². The molecule has 9 nitrogen and oxygen atoms in total. The zero-order valence-corrected chi connectivity index (χ0v) is 26.0. The molecule has 1 aliphatic rings. The number of hydrogen-bond acceptors (Lipinski definition) is 7. The average molecular weight is 660 g/mol. The fourth-order valence-electron chi connectivity index (χ4n) is 5.67. The summed E-state index contributed by atoms with van der Waals surface area (Å²) in [6.45, 7) is 1.95. The molecule has 0 radical (unpaired) electrons. The molecule has 1 N–H and O–H groups in total. The zero-order valence-electron chi connectivity index (χ0n) is 25.2. The molecule has 0 spiro atoms. The summed E-state index contributed by atoms with van der Waals surface area (Å²) in [5.74, 6) is -1.09. The Bertz CT molecular complexity index is 1710. The van der Waals surface area contributed by atoms with Crippen molar-refractivity contribution in [1.82, 2.24) is 14.5 Å². The van der Waals surface area contributed by atoms with E-state index < -0.39 is 29.4 Å². The Labute approximate surface area is 268 Å². The lowest BCUT2D eigenvalue weighted by molar-refractivity contribution is -0.261. The van der Waals surface area contributed by atoms with Crippen LogP contribution >= 0.6 is 11.6 Å². The molecule has 244 valence electrons. The van der Waals surface area contributed by atoms with E-state index >= 15 is 0 Å². The maximum Gasteiger partial charge on any atom is 0.430 e. The molecule has 4 aromatic rings. The van der Waals surface area contributed by atoms with Gasteiger partial charge in [-0.15, -0.1) is 0 Å². The van der Waals surface area contributed by atoms with Crippen molar-refractivity contribution in [3.05, 3.63) is 88.8 Å². The topological polar surface area (TPSA) is 103 Å². The molecule has 1 saturated heterocycles. The first-order valence-corrected chi connectivity index (χ1v) is 15.1. The number of piperidine rings is 1. The van der Waals surface area contributed by atoms with Crippen molar-refractivity contribution in [2.75, 3.05) is 26.8 Å². The molecule has 13 heteroatoms. The summed E-state index contributed by atoms with van der Waals surface area (Å²) in [6, 6.07) is 15.3. The van der Waals surface area contributed by atoms with E-state index in [1.54, 1.807) is 49.4 Å². The first kappa shape index (κ1) is 33.1. The van der Waals surface area contributed by atoms with Crippen LogP contribution in [0.5, 0.6) is 11.5 Å². The lowest BCUT2D eigenvalue weighted by Gasteiger charge is -2.38. The van der Waals surface area contributed by atoms with Gasteiger partial charge in [-0.3, -0.25) is 9.59 Å². The standard InChI is InChI=1S/C33H33ClF3N3O6/c1-3-45-28(41)18-22-9-10-26(27(17-22)44-2)46-23-12-15-39(16-13-23)31(42)32(43,33(35,36)37)25-20-40(19-21-7-5-4-6-8-21)29-24(25)11-14-38-30(29)34/h4-11,14,17,20,23,43H,3,12-13,15-16,18-19H2,1-2H3. The van der Waals surface area contributed by atoms with Crippen molar-refractivity contribution in [3.63, 3.8) is 0 Å². The monoisotopic (exact) mass is 659 g/mol. The van der Waals surface area contributed by atoms with E-state index in [9.17, 15) is 27.9 Å². The molecule has 1 unspecified atom stereocenters. The third-order valence-corrected chi connectivity index (χ3v) is 8.23. The number of carbonyl (C=O) groups excluding carboxylic acids is 2. The number of alkyl halides is 3. The number of fused-ring (bicyclic) bond motifs is 1. The molecule has 1 fully saturated rings. The minimum atomic E-state index is -5.35. The minimum absolute atomic E-state index is 0.0270. The van der Waals surface area contributed by atoms with E-state index in [4.69, 9.17) is 25.8 Å². The summed E-state index contributed by atoms with van der Waals surface area (Å²) >= 11 is 6.35. The van der Waals surface area contributed by atoms with Crippen LogP contribution < -0.4 is 9.47 Å². The third kappa shape index (κ3) is 6.63. The Morgan fingerprint density at radius 2 is 1.76 bits per heavy atom. The fourth-order valence-corrected chi connectivity index (χ4v) is 5.94. The molecule has 0 aliphatic carbocycles. The molecule has 3 heterocycles. The molecule has 46 heavy (non-hydrogen) atoms. The van der Waals surface area contributed by atoms with Gasteiger partial charge in [-0.25, -0.2) is 4.98 Å². The van der Waals surface area contributed by atoms with Gasteiger partial charge in [0, 0.05) is 55.8 Å². The molecule has 2 aromatic carbocycles. The molecular weight excluding hydrogens is 627 g/mol. The second-order valence-electron chi connectivity index (χ2n) is 10.9. The van der Waals surface area contributed by atoms with E-state index in [1.165, 1.54) is 23.9 Å². The number of carbonyl (C=O) groups is 2. The summed E-state index contributed by atoms with van der Waals surface area (Å²) < 4.78 is 62.5. The van der Waals surface area contributed by atoms with Gasteiger partial charge in [0.2, 0.25) is 0 Å². The van der Waals surface area contributed by atoms with Gasteiger partial charge in [0.05, 0.1) is 25.7 Å². The number of methoxy groups -OCH3 is 1. The molecule has 0 bridgehead atoms. The molecule has 5 rings (SSSR count). The third-order valence-electron chi connectivity index (χ3n) is 7.95. The Balaban J connectivity index is 1.36. The predicted molar refractivity (Wildman–Crippen MR) is 164 cm³/mol. The molecule has 2 aromatic heterocycles. The molecular formula is C33H33ClF3N3O6. The maximum absolute atomic E-state index is 14.8. The highest BCUT2D eigenvalue weighted by molar-refractivity contribution is 6.34. The number of amides is 1. The van der Waals surface area contributed by atoms with Crippen LogP contribution in [0.25, 0.3) is 10.9 Å². The molecule has 0 saturated carbocycles. The number of esters is 1. The van der Waals surface area contributed by atoms with E-state index in [0.717, 1.165) is 16.7 Å². The highest BCUT2D eigenvalue weighted by atomic mass is 35.5. The highest BCUT2D eigenvalue weighted by Crippen LogP contribution is 2.45. The van der Waals surface area contributed by atoms with Gasteiger partial charge in [-0.1, -0.05) is 48.0 Å². The van der Waals surface area contributed by atoms with Crippen LogP contribution in [-0.4, -0.2) is 70.5 Å². The number of halogens is 4. The predicted octanol–water partition coefficient (Wildman–Crippen LogP) is 5.67. The second kappa shape index (κ2) is 13.6. The number of likely N-dealkylation sites (tertiary alicyclic amines) is 1. The van der Waals surface area contributed by atoms with E-state index in [2.05, 4.69) is 4.98 Å². The summed E-state index contributed by atoms with van der Waals surface area (Å²) in [6.07, 6.45) is -2.95. The smallest absolute Gasteiger partial charge is 0.430 e. The molecule has 1 amide bonds. The number of aromatic nitrogens is 2. The summed E-state index contributed by atoms with van der Waals surface area (Å²) in [7, 11) is 1.45. The van der Waals surface area contributed by atoms with Crippen LogP contribution in [-0.2, 0) is 32.9 Å². The van der Waals surface area contributed by atoms with Crippen LogP contribution in [0.4, 0.5) is 13.2 Å². The van der Waals surface area contributed by atoms with E-state index in [0.29, 0.717) is 17.1 Å². The number of aliphatic hydroxyl groups is 1. The summed E-state index contributed by atoms with van der Waals surface area (Å²) in [4.78, 5) is 30.6. The largest absolute Gasteiger partial charge is 0.493 e. The first-order valence-electron chi connectivity index (χ1n) is 14.7. The molecule has 1 aliphatic heterocycles. The van der Waals surface area contributed by atoms with Crippen molar-refractivity contribution in [2.24, 2.45) is 0 Å². The number of ether oxygens (including phenoxy) is 3. The van der Waals surface area contributed by atoms with Crippen molar-refractivity contribution in [1.29, 1.82) is 0 Å². The zero-order chi connectivity index (χ0) is 33.1. The van der Waals surface area contributed by atoms with Gasteiger partial charge in [0.1, 0.15) is 6.10 Å². The van der Waals surface area contributed by atoms with Crippen LogP contribution in [0.2, 0.25) is 5.15 Å². The quantitative estimate of drug-likeness (QED) is 0.173. The Morgan fingerprint density at radius 3 is 2.41 bits per heavy atom. The first-order chi connectivity index (χ1) is 22.0. The highest BCUT2D eigenvalue weighted by Gasteiger charge is 2.63. The number of hydrogen-bond donors (Lipinski definition) is 1. The Morgan fingerprint density at radius 1 is 1.04 bits per heavy atom. The van der Waals surface area contributed by atoms with Gasteiger partial charge in [-0.05, 0) is 36.2 Å². The van der Waals surface area contributed by atoms with Crippen molar-refractivity contribution < 1.29 is 42.1 Å². The number of benzene rings is 2. The van der Waals surface area contributed by atoms with Crippen LogP contribution in [0.3, 0.4) is 0 Å². The van der Waals surface area contributed by atoms with Crippen LogP contribution in [0.1, 0.15) is 36.5 Å². The maximum atomic E-state index is 14.8. The van der Waals surface area contributed by atoms with Gasteiger partial charge in [0.15, 0.2) is 16.7 Å². The van der Waals surface area contributed by atoms with Crippen LogP contribution in [0.15, 0.2) is 67.0 Å². The van der Waals surface area contributed by atoms with E-state index in [-0.39, 0.29) is 67.5 Å². The average Bonchev–Trinajstić information content (AvgIpc) is 3.41. The Hall–Kier alpha value is -4.29. The van der Waals surface area contributed by atoms with Gasteiger partial charge in [-0.2, -0.15) is 13.2 Å². The van der Waals surface area contributed by atoms with Crippen molar-refractivity contribution >= 4 is 34.4 Å². The summed E-state index contributed by atoms with van der Waals surface area (Å²) in [5, 5.41) is 11.3. The number of rotatable bonds is 10. The normalized spacial score (nSPS) is 15.4. The summed E-state index contributed by atoms with van der Waals surface area (Å²) in [5.41, 5.74) is -2.85. The lowest BCUT2D eigenvalue weighted by atomic mass is 9.90. The van der Waals surface area contributed by atoms with E-state index in [1.807, 2.05) is 6.07 Å². The van der Waals surface area contributed by atoms with Gasteiger partial charge >= 0.3 is 12.1 Å². The minimum Gasteiger partial charge on any atom is -0.493 e. The molecule has 1 atom stereocenters. The van der Waals surface area contributed by atoms with Crippen LogP contribution in [0, 0.1) is 0 Å². The number of nitrogens with zero attached hydrogens (tertiary/aromatic N) is 3. The fraction of sp³-hybridized carbons (Fsp3) is 0.364. The lowest BCUT2D eigenvalue weighted by Crippen LogP contribution is -2.57. The van der Waals surface area contributed by atoms with Crippen molar-refractivity contribution in [3.8, 4) is 11.5 Å². The van der Waals surface area contributed by atoms with Crippen molar-refractivity contribution in [2.45, 2.75) is 50.6 Å². The second-order valence-corrected chi connectivity index (χ2v) is 11.3. The SMILES string of the molecule is CCOC(=O)Cc1ccc(OC2CCN(C(=O)C(O)(c3cn(Cc4ccccc4)c4c(Cl)nccc34)C(F)(F)F)CC2)c(OC)c1. The Kier molecular flexibility index (Phi) is 9.78. The van der Waals surface area contributed by atoms with Gasteiger partial charge < -0.3 is 28.8 Å².